The van der Waals surface area contributed by atoms with Gasteiger partial charge in [0.05, 0.1) is 11.6 Å². The van der Waals surface area contributed by atoms with Gasteiger partial charge < -0.3 is 4.90 Å². The van der Waals surface area contributed by atoms with Crippen LogP contribution in [0, 0.1) is 13.8 Å². The molecule has 2 aromatic rings. The smallest absolute Gasteiger partial charge is 0.225 e. The van der Waals surface area contributed by atoms with Gasteiger partial charge in [-0.1, -0.05) is 24.3 Å². The van der Waals surface area contributed by atoms with E-state index >= 15 is 0 Å². The van der Waals surface area contributed by atoms with Crippen LogP contribution in [0.15, 0.2) is 30.3 Å². The van der Waals surface area contributed by atoms with Crippen molar-refractivity contribution in [1.29, 1.82) is 0 Å². The lowest BCUT2D eigenvalue weighted by molar-refractivity contribution is 0.845. The molecule has 4 heteroatoms. The second kappa shape index (κ2) is 6.02. The van der Waals surface area contributed by atoms with E-state index < -0.39 is 0 Å². The largest absolute Gasteiger partial charge is 0.340 e. The summed E-state index contributed by atoms with van der Waals surface area (Å²) >= 11 is 5.85. The van der Waals surface area contributed by atoms with E-state index in [0.29, 0.717) is 5.88 Å². The van der Waals surface area contributed by atoms with Gasteiger partial charge in [0.15, 0.2) is 0 Å². The highest BCUT2D eigenvalue weighted by atomic mass is 35.5. The van der Waals surface area contributed by atoms with E-state index in [1.54, 1.807) is 0 Å². The van der Waals surface area contributed by atoms with Crippen molar-refractivity contribution in [2.45, 2.75) is 26.3 Å². The van der Waals surface area contributed by atoms with Crippen LogP contribution in [0.5, 0.6) is 0 Å². The highest BCUT2D eigenvalue weighted by molar-refractivity contribution is 6.16. The van der Waals surface area contributed by atoms with Gasteiger partial charge in [-0.2, -0.15) is 0 Å². The molecular formula is C15H18ClN3. The quantitative estimate of drug-likeness (QED) is 0.800. The van der Waals surface area contributed by atoms with Crippen molar-refractivity contribution in [3.8, 4) is 0 Å². The summed E-state index contributed by atoms with van der Waals surface area (Å²) in [5.41, 5.74) is 4.36. The van der Waals surface area contributed by atoms with E-state index in [9.17, 15) is 0 Å². The van der Waals surface area contributed by atoms with Crippen molar-refractivity contribution < 1.29 is 0 Å². The molecule has 0 aliphatic rings. The van der Waals surface area contributed by atoms with Crippen molar-refractivity contribution in [2.24, 2.45) is 0 Å². The summed E-state index contributed by atoms with van der Waals surface area (Å²) in [4.78, 5) is 11.0. The summed E-state index contributed by atoms with van der Waals surface area (Å²) in [6.07, 6.45) is 0. The van der Waals surface area contributed by atoms with Gasteiger partial charge in [-0.15, -0.1) is 11.6 Å². The Morgan fingerprint density at radius 1 is 1.16 bits per heavy atom. The Morgan fingerprint density at radius 2 is 1.89 bits per heavy atom. The minimum atomic E-state index is 0.411. The zero-order valence-corrected chi connectivity index (χ0v) is 12.3. The van der Waals surface area contributed by atoms with Crippen LogP contribution in [0.3, 0.4) is 0 Å². The molecule has 0 fully saturated rings. The molecule has 0 N–H and O–H groups in total. The number of aromatic nitrogens is 2. The van der Waals surface area contributed by atoms with E-state index in [-0.39, 0.29) is 0 Å². The van der Waals surface area contributed by atoms with Crippen LogP contribution in [-0.2, 0) is 12.4 Å². The second-order valence-corrected chi connectivity index (χ2v) is 4.98. The number of nitrogens with zero attached hydrogens (tertiary/aromatic N) is 3. The molecule has 0 aliphatic carbocycles. The standard InChI is InChI=1S/C15H18ClN3/c1-11-6-4-5-7-13(11)10-19(3)15-17-12(2)8-14(9-16)18-15/h4-8H,9-10H2,1-3H3. The molecule has 19 heavy (non-hydrogen) atoms. The van der Waals surface area contributed by atoms with Crippen LogP contribution in [0.2, 0.25) is 0 Å². The third-order valence-corrected chi connectivity index (χ3v) is 3.32. The number of halogens is 1. The second-order valence-electron chi connectivity index (χ2n) is 4.72. The maximum absolute atomic E-state index is 5.85. The van der Waals surface area contributed by atoms with Crippen LogP contribution >= 0.6 is 11.6 Å². The number of benzene rings is 1. The third-order valence-electron chi connectivity index (χ3n) is 3.04. The Kier molecular flexibility index (Phi) is 4.38. The molecular weight excluding hydrogens is 258 g/mol. The SMILES string of the molecule is Cc1cc(CCl)nc(N(C)Cc2ccccc2C)n1. The predicted molar refractivity (Wildman–Crippen MR) is 79.6 cm³/mol. The van der Waals surface area contributed by atoms with Gasteiger partial charge in [-0.05, 0) is 31.0 Å². The van der Waals surface area contributed by atoms with Gasteiger partial charge in [0.25, 0.3) is 0 Å². The average molecular weight is 276 g/mol. The summed E-state index contributed by atoms with van der Waals surface area (Å²) in [7, 11) is 2.00. The van der Waals surface area contributed by atoms with E-state index in [1.165, 1.54) is 11.1 Å². The predicted octanol–water partition coefficient (Wildman–Crippen LogP) is 3.47. The minimum Gasteiger partial charge on any atom is -0.340 e. The maximum Gasteiger partial charge on any atom is 0.225 e. The summed E-state index contributed by atoms with van der Waals surface area (Å²) in [6, 6.07) is 10.3. The van der Waals surface area contributed by atoms with Crippen molar-refractivity contribution in [2.75, 3.05) is 11.9 Å². The lowest BCUT2D eigenvalue weighted by Crippen LogP contribution is -2.20. The summed E-state index contributed by atoms with van der Waals surface area (Å²) in [5, 5.41) is 0. The van der Waals surface area contributed by atoms with E-state index in [4.69, 9.17) is 11.6 Å². The monoisotopic (exact) mass is 275 g/mol. The van der Waals surface area contributed by atoms with Crippen molar-refractivity contribution in [1.82, 2.24) is 9.97 Å². The zero-order valence-electron chi connectivity index (χ0n) is 11.5. The fourth-order valence-electron chi connectivity index (χ4n) is 1.97. The van der Waals surface area contributed by atoms with E-state index in [2.05, 4.69) is 35.1 Å². The molecule has 0 saturated carbocycles. The number of aryl methyl sites for hydroxylation is 2. The Morgan fingerprint density at radius 3 is 2.58 bits per heavy atom. The fourth-order valence-corrected chi connectivity index (χ4v) is 2.11. The molecule has 3 nitrogen and oxygen atoms in total. The average Bonchev–Trinajstić information content (AvgIpc) is 2.40. The molecule has 0 bridgehead atoms. The highest BCUT2D eigenvalue weighted by Gasteiger charge is 2.08. The van der Waals surface area contributed by atoms with Gasteiger partial charge in [0.2, 0.25) is 5.95 Å². The molecule has 0 aliphatic heterocycles. The summed E-state index contributed by atoms with van der Waals surface area (Å²) in [6.45, 7) is 4.87. The maximum atomic E-state index is 5.85. The number of hydrogen-bond acceptors (Lipinski definition) is 3. The van der Waals surface area contributed by atoms with E-state index in [1.807, 2.05) is 31.0 Å². The molecule has 0 unspecified atom stereocenters. The Hall–Kier alpha value is -1.61. The van der Waals surface area contributed by atoms with Crippen molar-refractivity contribution in [3.05, 3.63) is 52.8 Å². The van der Waals surface area contributed by atoms with Crippen LogP contribution in [0.25, 0.3) is 0 Å². The number of alkyl halides is 1. The normalized spacial score (nSPS) is 10.5. The summed E-state index contributed by atoms with van der Waals surface area (Å²) in [5.74, 6) is 1.13. The van der Waals surface area contributed by atoms with Gasteiger partial charge in [-0.3, -0.25) is 0 Å². The molecule has 0 amide bonds. The molecule has 1 heterocycles. The Balaban J connectivity index is 2.22. The van der Waals surface area contributed by atoms with Gasteiger partial charge in [0, 0.05) is 19.3 Å². The molecule has 100 valence electrons. The van der Waals surface area contributed by atoms with Crippen LogP contribution < -0.4 is 4.90 Å². The first-order chi connectivity index (χ1) is 9.10. The zero-order chi connectivity index (χ0) is 13.8. The number of hydrogen-bond donors (Lipinski definition) is 0. The number of rotatable bonds is 4. The molecule has 2 rings (SSSR count). The molecule has 0 saturated heterocycles. The first kappa shape index (κ1) is 13.8. The molecule has 1 aromatic heterocycles. The third kappa shape index (κ3) is 3.44. The number of anilines is 1. The molecule has 1 aromatic carbocycles. The van der Waals surface area contributed by atoms with E-state index in [0.717, 1.165) is 23.9 Å². The van der Waals surface area contributed by atoms with Crippen molar-refractivity contribution >= 4 is 17.5 Å². The van der Waals surface area contributed by atoms with Gasteiger partial charge in [-0.25, -0.2) is 9.97 Å². The Bertz CT molecular complexity index is 569. The molecule has 0 radical (unpaired) electrons. The van der Waals surface area contributed by atoms with Crippen LogP contribution in [0.1, 0.15) is 22.5 Å². The minimum absolute atomic E-state index is 0.411. The fraction of sp³-hybridized carbons (Fsp3) is 0.333. The highest BCUT2D eigenvalue weighted by Crippen LogP contribution is 2.15. The lowest BCUT2D eigenvalue weighted by atomic mass is 10.1. The first-order valence-electron chi connectivity index (χ1n) is 6.26. The molecule has 0 spiro atoms. The Labute approximate surface area is 119 Å². The first-order valence-corrected chi connectivity index (χ1v) is 6.80. The molecule has 0 atom stereocenters. The van der Waals surface area contributed by atoms with Crippen LogP contribution in [-0.4, -0.2) is 17.0 Å². The lowest BCUT2D eigenvalue weighted by Gasteiger charge is -2.19. The van der Waals surface area contributed by atoms with Crippen molar-refractivity contribution in [3.63, 3.8) is 0 Å². The summed E-state index contributed by atoms with van der Waals surface area (Å²) < 4.78 is 0. The van der Waals surface area contributed by atoms with Crippen LogP contribution in [0.4, 0.5) is 5.95 Å². The van der Waals surface area contributed by atoms with Gasteiger partial charge >= 0.3 is 0 Å². The van der Waals surface area contributed by atoms with Gasteiger partial charge in [0.1, 0.15) is 0 Å². The topological polar surface area (TPSA) is 29.0 Å².